The lowest BCUT2D eigenvalue weighted by atomic mass is 9.76. The first-order chi connectivity index (χ1) is 24.9. The molecule has 0 N–H and O–H groups in total. The van der Waals surface area contributed by atoms with Crippen molar-refractivity contribution in [1.29, 1.82) is 0 Å². The minimum Gasteiger partial charge on any atom is -0.0622 e. The van der Waals surface area contributed by atoms with E-state index in [9.17, 15) is 0 Å². The van der Waals surface area contributed by atoms with Gasteiger partial charge in [-0.25, -0.2) is 0 Å². The lowest BCUT2D eigenvalue weighted by Gasteiger charge is -2.26. The lowest BCUT2D eigenvalue weighted by Crippen LogP contribution is -2.10. The third kappa shape index (κ3) is 5.81. The minimum absolute atomic E-state index is 0.0616. The fourth-order valence-corrected chi connectivity index (χ4v) is 8.14. The molecule has 0 radical (unpaired) electrons. The van der Waals surface area contributed by atoms with E-state index in [0.29, 0.717) is 0 Å². The summed E-state index contributed by atoms with van der Waals surface area (Å²) in [5, 5.41) is 7.73. The summed E-state index contributed by atoms with van der Waals surface area (Å²) >= 11 is 0. The Balaban J connectivity index is 1.70. The van der Waals surface area contributed by atoms with Crippen molar-refractivity contribution >= 4 is 32.3 Å². The average molecular weight is 673 g/mol. The van der Waals surface area contributed by atoms with Gasteiger partial charge < -0.3 is 0 Å². The Labute approximate surface area is 309 Å². The highest BCUT2D eigenvalue weighted by molar-refractivity contribution is 6.33. The highest BCUT2D eigenvalue weighted by Crippen LogP contribution is 2.54. The lowest BCUT2D eigenvalue weighted by molar-refractivity contribution is 0.590. The first-order valence-electron chi connectivity index (χ1n) is 18.7. The normalized spacial score (nSPS) is 12.2. The van der Waals surface area contributed by atoms with Crippen LogP contribution in [0.4, 0.5) is 0 Å². The summed E-state index contributed by atoms with van der Waals surface area (Å²) in [7, 11) is 0. The molecule has 0 saturated carbocycles. The maximum Gasteiger partial charge on any atom is -0.000139 e. The molecule has 0 fully saturated rings. The summed E-state index contributed by atoms with van der Waals surface area (Å²) < 4.78 is 0. The van der Waals surface area contributed by atoms with Gasteiger partial charge in [0.1, 0.15) is 0 Å². The van der Waals surface area contributed by atoms with Crippen molar-refractivity contribution in [2.45, 2.75) is 66.2 Å². The molecule has 256 valence electrons. The van der Waals surface area contributed by atoms with Crippen LogP contribution in [0.3, 0.4) is 0 Å². The van der Waals surface area contributed by atoms with Crippen molar-refractivity contribution in [2.24, 2.45) is 0 Å². The second-order valence-electron chi connectivity index (χ2n) is 16.7. The van der Waals surface area contributed by atoms with Gasteiger partial charge in [0.05, 0.1) is 0 Å². The molecule has 0 aliphatic carbocycles. The summed E-state index contributed by atoms with van der Waals surface area (Å²) in [5.41, 5.74) is 15.4. The molecule has 0 atom stereocenters. The number of hydrogen-bond acceptors (Lipinski definition) is 0. The molecule has 52 heavy (non-hydrogen) atoms. The molecule has 8 rings (SSSR count). The van der Waals surface area contributed by atoms with Crippen LogP contribution in [0.5, 0.6) is 0 Å². The first kappa shape index (κ1) is 33.7. The van der Waals surface area contributed by atoms with Gasteiger partial charge in [0.25, 0.3) is 0 Å². The summed E-state index contributed by atoms with van der Waals surface area (Å²) in [6.07, 6.45) is 0. The molecule has 0 saturated heterocycles. The van der Waals surface area contributed by atoms with Crippen LogP contribution in [0.25, 0.3) is 76.8 Å². The molecule has 0 aliphatic heterocycles. The van der Waals surface area contributed by atoms with Gasteiger partial charge in [0.15, 0.2) is 0 Å². The largest absolute Gasteiger partial charge is 0.0622 e. The molecule has 0 bridgehead atoms. The van der Waals surface area contributed by atoms with Crippen LogP contribution in [0.15, 0.2) is 146 Å². The van der Waals surface area contributed by atoms with E-state index >= 15 is 0 Å². The maximum absolute atomic E-state index is 2.42. The summed E-state index contributed by atoms with van der Waals surface area (Å²) in [6.45, 7) is 18.2. The van der Waals surface area contributed by atoms with E-state index in [1.807, 2.05) is 0 Å². The van der Waals surface area contributed by atoms with E-state index in [0.717, 1.165) is 0 Å². The molecular formula is C52H48. The molecule has 8 aromatic carbocycles. The van der Waals surface area contributed by atoms with Crippen LogP contribution in [0.2, 0.25) is 0 Å². The Hall–Kier alpha value is -5.46. The summed E-state index contributed by atoms with van der Waals surface area (Å²) in [6, 6.07) is 55.1. The third-order valence-electron chi connectivity index (χ3n) is 10.9. The predicted molar refractivity (Wildman–Crippen MR) is 228 cm³/mol. The summed E-state index contributed by atoms with van der Waals surface area (Å²) in [5.74, 6) is 0. The fraction of sp³-hybridized carbons (Fsp3) is 0.192. The number of rotatable bonds is 4. The van der Waals surface area contributed by atoms with Gasteiger partial charge in [-0.05, 0) is 113 Å². The molecule has 0 unspecified atom stereocenters. The van der Waals surface area contributed by atoms with E-state index in [4.69, 9.17) is 0 Å². The zero-order chi connectivity index (χ0) is 36.4. The van der Waals surface area contributed by atoms with E-state index < -0.39 is 0 Å². The zero-order valence-electron chi connectivity index (χ0n) is 31.9. The SMILES string of the molecule is Cc1ccc2c(-c3ccccc3)c3c(-c4ccc(C(C)(C)C)cc4)c4cc(C)ccc4c(-c4ccccc4)c3c(-c3ccc(C(C)(C)C)cc3)c2c1. The van der Waals surface area contributed by atoms with Gasteiger partial charge in [-0.2, -0.15) is 0 Å². The molecule has 8 aromatic rings. The van der Waals surface area contributed by atoms with E-state index in [1.165, 1.54) is 99.1 Å². The molecule has 0 aromatic heterocycles. The monoisotopic (exact) mass is 672 g/mol. The number of benzene rings is 8. The molecule has 0 heteroatoms. The van der Waals surface area contributed by atoms with E-state index in [2.05, 4.69) is 201 Å². The topological polar surface area (TPSA) is 0 Å². The quantitative estimate of drug-likeness (QED) is 0.163. The number of aryl methyl sites for hydroxylation is 2. The smallest absolute Gasteiger partial charge is 0.000139 e. The van der Waals surface area contributed by atoms with Crippen LogP contribution in [-0.2, 0) is 10.8 Å². The summed E-state index contributed by atoms with van der Waals surface area (Å²) in [4.78, 5) is 0. The van der Waals surface area contributed by atoms with Crippen LogP contribution < -0.4 is 0 Å². The van der Waals surface area contributed by atoms with Gasteiger partial charge in [-0.3, -0.25) is 0 Å². The Morgan fingerprint density at radius 1 is 0.308 bits per heavy atom. The van der Waals surface area contributed by atoms with Gasteiger partial charge >= 0.3 is 0 Å². The van der Waals surface area contributed by atoms with Crippen LogP contribution in [0, 0.1) is 13.8 Å². The van der Waals surface area contributed by atoms with Gasteiger partial charge in [0, 0.05) is 0 Å². The molecule has 0 aliphatic rings. The molecule has 0 amide bonds. The van der Waals surface area contributed by atoms with Crippen molar-refractivity contribution in [3.05, 3.63) is 168 Å². The van der Waals surface area contributed by atoms with Crippen molar-refractivity contribution in [2.75, 3.05) is 0 Å². The average Bonchev–Trinajstić information content (AvgIpc) is 3.13. The Morgan fingerprint density at radius 3 is 0.942 bits per heavy atom. The van der Waals surface area contributed by atoms with Crippen molar-refractivity contribution in [1.82, 2.24) is 0 Å². The van der Waals surface area contributed by atoms with Crippen molar-refractivity contribution < 1.29 is 0 Å². The number of fused-ring (bicyclic) bond motifs is 3. The van der Waals surface area contributed by atoms with Gasteiger partial charge in [-0.1, -0.05) is 198 Å². The highest BCUT2D eigenvalue weighted by atomic mass is 14.3. The van der Waals surface area contributed by atoms with Gasteiger partial charge in [0.2, 0.25) is 0 Å². The molecule has 0 heterocycles. The predicted octanol–water partition coefficient (Wildman–Crippen LogP) is 15.0. The van der Waals surface area contributed by atoms with Crippen LogP contribution >= 0.6 is 0 Å². The van der Waals surface area contributed by atoms with Crippen molar-refractivity contribution in [3.63, 3.8) is 0 Å². The number of hydrogen-bond donors (Lipinski definition) is 0. The molecule has 0 spiro atoms. The van der Waals surface area contributed by atoms with E-state index in [1.54, 1.807) is 0 Å². The Morgan fingerprint density at radius 2 is 0.615 bits per heavy atom. The highest BCUT2D eigenvalue weighted by Gasteiger charge is 2.27. The van der Waals surface area contributed by atoms with Crippen LogP contribution in [-0.4, -0.2) is 0 Å². The van der Waals surface area contributed by atoms with Crippen LogP contribution in [0.1, 0.15) is 63.8 Å². The van der Waals surface area contributed by atoms with Crippen molar-refractivity contribution in [3.8, 4) is 44.5 Å². The standard InChI is InChI=1S/C52H48/c1-33-19-29-41-43(31-33)47(37-21-25-39(26-22-37)51(3,4)5)49-46(36-17-13-10-14-18-36)42-30-20-34(2)32-44(42)48(38-23-27-40(28-24-38)52(6,7)8)50(49)45(41)35-15-11-9-12-16-35/h9-32H,1-8H3. The second-order valence-corrected chi connectivity index (χ2v) is 16.7. The first-order valence-corrected chi connectivity index (χ1v) is 18.7. The Bertz CT molecular complexity index is 2400. The Kier molecular flexibility index (Phi) is 8.19. The van der Waals surface area contributed by atoms with Gasteiger partial charge in [-0.15, -0.1) is 0 Å². The molecule has 0 nitrogen and oxygen atoms in total. The fourth-order valence-electron chi connectivity index (χ4n) is 8.14. The molecular weight excluding hydrogens is 625 g/mol. The third-order valence-corrected chi connectivity index (χ3v) is 10.9. The minimum atomic E-state index is 0.0616. The maximum atomic E-state index is 2.42. The zero-order valence-corrected chi connectivity index (χ0v) is 31.9. The second kappa shape index (κ2) is 12.6. The van der Waals surface area contributed by atoms with E-state index in [-0.39, 0.29) is 10.8 Å².